The molecule has 3 N–H and O–H groups in total. The highest BCUT2D eigenvalue weighted by Gasteiger charge is 2.32. The predicted molar refractivity (Wildman–Crippen MR) is 75.6 cm³/mol. The van der Waals surface area contributed by atoms with Gasteiger partial charge in [-0.1, -0.05) is 0 Å². The summed E-state index contributed by atoms with van der Waals surface area (Å²) in [6.45, 7) is 1.23. The quantitative estimate of drug-likeness (QED) is 0.594. The van der Waals surface area contributed by atoms with Crippen molar-refractivity contribution in [2.45, 2.75) is 18.6 Å². The average Bonchev–Trinajstić information content (AvgIpc) is 2.68. The van der Waals surface area contributed by atoms with Gasteiger partial charge in [-0.05, 0) is 26.6 Å². The first kappa shape index (κ1) is 14.5. The summed E-state index contributed by atoms with van der Waals surface area (Å²) < 4.78 is 0. The van der Waals surface area contributed by atoms with Crippen LogP contribution in [0.3, 0.4) is 0 Å². The summed E-state index contributed by atoms with van der Waals surface area (Å²) in [7, 11) is 3.92. The molecule has 8 nitrogen and oxygen atoms in total. The summed E-state index contributed by atoms with van der Waals surface area (Å²) in [5.41, 5.74) is 5.42. The van der Waals surface area contributed by atoms with Crippen LogP contribution in [0.4, 0.5) is 17.3 Å². The van der Waals surface area contributed by atoms with Gasteiger partial charge in [0.2, 0.25) is 5.82 Å². The number of nitro groups is 1. The maximum absolute atomic E-state index is 10.7. The van der Waals surface area contributed by atoms with Gasteiger partial charge in [-0.25, -0.2) is 4.98 Å². The Balaban J connectivity index is 2.25. The van der Waals surface area contributed by atoms with E-state index in [4.69, 9.17) is 5.73 Å². The zero-order chi connectivity index (χ0) is 14.9. The fourth-order valence-corrected chi connectivity index (χ4v) is 2.54. The normalized spacial score (nSPS) is 22.5. The summed E-state index contributed by atoms with van der Waals surface area (Å²) >= 11 is 0. The van der Waals surface area contributed by atoms with Gasteiger partial charge in [-0.3, -0.25) is 10.1 Å². The van der Waals surface area contributed by atoms with Gasteiger partial charge in [0.05, 0.1) is 11.0 Å². The first-order valence-corrected chi connectivity index (χ1v) is 6.39. The summed E-state index contributed by atoms with van der Waals surface area (Å²) in [5.74, 6) is 0.467. The summed E-state index contributed by atoms with van der Waals surface area (Å²) in [6, 6.07) is 3.05. The van der Waals surface area contributed by atoms with Gasteiger partial charge in [-0.15, -0.1) is 0 Å². The third kappa shape index (κ3) is 2.97. The van der Waals surface area contributed by atoms with E-state index in [0.29, 0.717) is 18.8 Å². The van der Waals surface area contributed by atoms with Crippen molar-refractivity contribution in [3.05, 3.63) is 22.2 Å². The number of β-amino-alcohol motifs (C(OH)–C–C–N with tert-alkyl or cyclic N) is 1. The lowest BCUT2D eigenvalue weighted by Gasteiger charge is -2.27. The maximum Gasteiger partial charge on any atom is 0.311 e. The van der Waals surface area contributed by atoms with Crippen molar-refractivity contribution < 1.29 is 10.0 Å². The van der Waals surface area contributed by atoms with Crippen molar-refractivity contribution in [3.63, 3.8) is 0 Å². The molecule has 0 spiro atoms. The fraction of sp³-hybridized carbons (Fsp3) is 0.583. The standard InChI is InChI=1S/C12H19N5O3/c1-15(2)6-8-5-9(18)7-16(8)11-4-3-10(17(19)20)12(13)14-11/h3-4,8-9,18H,5-7H2,1-2H3,(H2,13,14). The Labute approximate surface area is 117 Å². The third-order valence-corrected chi connectivity index (χ3v) is 3.35. The minimum atomic E-state index is -0.553. The highest BCUT2D eigenvalue weighted by atomic mass is 16.6. The molecular weight excluding hydrogens is 262 g/mol. The summed E-state index contributed by atoms with van der Waals surface area (Å²) in [4.78, 5) is 18.3. The van der Waals surface area contributed by atoms with E-state index in [9.17, 15) is 15.2 Å². The highest BCUT2D eigenvalue weighted by Crippen LogP contribution is 2.28. The number of nitrogens with zero attached hydrogens (tertiary/aromatic N) is 4. The Kier molecular flexibility index (Phi) is 4.05. The topological polar surface area (TPSA) is 109 Å². The Bertz CT molecular complexity index is 508. The number of aromatic nitrogens is 1. The molecule has 2 rings (SSSR count). The molecule has 0 bridgehead atoms. The number of nitrogens with two attached hydrogens (primary N) is 1. The van der Waals surface area contributed by atoms with E-state index in [2.05, 4.69) is 4.98 Å². The van der Waals surface area contributed by atoms with Crippen LogP contribution in [0.5, 0.6) is 0 Å². The van der Waals surface area contributed by atoms with Crippen molar-refractivity contribution in [2.24, 2.45) is 0 Å². The molecule has 1 aliphatic rings. The lowest BCUT2D eigenvalue weighted by molar-refractivity contribution is -0.384. The Morgan fingerprint density at radius 3 is 2.85 bits per heavy atom. The molecule has 1 aromatic rings. The molecule has 2 unspecified atom stereocenters. The van der Waals surface area contributed by atoms with Crippen LogP contribution in [-0.2, 0) is 0 Å². The number of hydrogen-bond donors (Lipinski definition) is 2. The zero-order valence-electron chi connectivity index (χ0n) is 11.6. The number of pyridine rings is 1. The van der Waals surface area contributed by atoms with E-state index in [1.54, 1.807) is 6.07 Å². The van der Waals surface area contributed by atoms with Gasteiger partial charge < -0.3 is 20.6 Å². The van der Waals surface area contributed by atoms with E-state index in [1.165, 1.54) is 6.07 Å². The van der Waals surface area contributed by atoms with Crippen LogP contribution in [0.25, 0.3) is 0 Å². The van der Waals surface area contributed by atoms with Gasteiger partial charge in [0.25, 0.3) is 0 Å². The third-order valence-electron chi connectivity index (χ3n) is 3.35. The number of nitrogen functional groups attached to an aromatic ring is 1. The van der Waals surface area contributed by atoms with Crippen molar-refractivity contribution >= 4 is 17.3 Å². The number of aliphatic hydroxyl groups is 1. The lowest BCUT2D eigenvalue weighted by atomic mass is 10.2. The van der Waals surface area contributed by atoms with Gasteiger partial charge in [0.15, 0.2) is 0 Å². The monoisotopic (exact) mass is 281 g/mol. The summed E-state index contributed by atoms with van der Waals surface area (Å²) in [5, 5.41) is 20.6. The van der Waals surface area contributed by atoms with Crippen LogP contribution in [-0.4, -0.2) is 59.2 Å². The second-order valence-electron chi connectivity index (χ2n) is 5.29. The smallest absolute Gasteiger partial charge is 0.311 e. The highest BCUT2D eigenvalue weighted by molar-refractivity contribution is 5.58. The number of likely N-dealkylation sites (N-methyl/N-ethyl adjacent to an activating group) is 1. The van der Waals surface area contributed by atoms with E-state index >= 15 is 0 Å². The first-order valence-electron chi connectivity index (χ1n) is 6.39. The van der Waals surface area contributed by atoms with Crippen molar-refractivity contribution in [2.75, 3.05) is 37.8 Å². The molecule has 2 atom stereocenters. The van der Waals surface area contributed by atoms with Gasteiger partial charge in [0.1, 0.15) is 5.82 Å². The van der Waals surface area contributed by atoms with E-state index < -0.39 is 11.0 Å². The Morgan fingerprint density at radius 2 is 2.30 bits per heavy atom. The predicted octanol–water partition coefficient (Wildman–Crippen LogP) is 0.0732. The van der Waals surface area contributed by atoms with E-state index in [-0.39, 0.29) is 17.5 Å². The average molecular weight is 281 g/mol. The Morgan fingerprint density at radius 1 is 1.60 bits per heavy atom. The number of rotatable bonds is 4. The van der Waals surface area contributed by atoms with E-state index in [1.807, 2.05) is 23.9 Å². The fourth-order valence-electron chi connectivity index (χ4n) is 2.54. The maximum atomic E-state index is 10.7. The SMILES string of the molecule is CN(C)CC1CC(O)CN1c1ccc([N+](=O)[O-])c(N)n1. The molecule has 0 saturated carbocycles. The Hall–Kier alpha value is -1.93. The molecule has 1 aliphatic heterocycles. The molecule has 1 fully saturated rings. The number of anilines is 2. The summed E-state index contributed by atoms with van der Waals surface area (Å²) in [6.07, 6.45) is 0.231. The van der Waals surface area contributed by atoms with Crippen LogP contribution < -0.4 is 10.6 Å². The molecule has 20 heavy (non-hydrogen) atoms. The molecule has 0 aliphatic carbocycles. The van der Waals surface area contributed by atoms with Crippen LogP contribution in [0.2, 0.25) is 0 Å². The minimum absolute atomic E-state index is 0.0995. The molecular formula is C12H19N5O3. The molecule has 0 amide bonds. The zero-order valence-corrected chi connectivity index (χ0v) is 11.6. The van der Waals surface area contributed by atoms with Gasteiger partial charge in [-0.2, -0.15) is 0 Å². The van der Waals surface area contributed by atoms with Gasteiger partial charge in [0, 0.05) is 25.2 Å². The number of hydrogen-bond acceptors (Lipinski definition) is 7. The molecule has 0 aromatic carbocycles. The van der Waals surface area contributed by atoms with Crippen molar-refractivity contribution in [3.8, 4) is 0 Å². The largest absolute Gasteiger partial charge is 0.391 e. The van der Waals surface area contributed by atoms with Crippen LogP contribution in [0, 0.1) is 10.1 Å². The first-order chi connectivity index (χ1) is 9.38. The van der Waals surface area contributed by atoms with Crippen LogP contribution >= 0.6 is 0 Å². The van der Waals surface area contributed by atoms with E-state index in [0.717, 1.165) is 6.54 Å². The molecule has 110 valence electrons. The van der Waals surface area contributed by atoms with Crippen LogP contribution in [0.1, 0.15) is 6.42 Å². The second kappa shape index (κ2) is 5.59. The van der Waals surface area contributed by atoms with Crippen LogP contribution in [0.15, 0.2) is 12.1 Å². The molecule has 8 heteroatoms. The van der Waals surface area contributed by atoms with Crippen molar-refractivity contribution in [1.82, 2.24) is 9.88 Å². The van der Waals surface area contributed by atoms with Gasteiger partial charge >= 0.3 is 5.69 Å². The number of aliphatic hydroxyl groups excluding tert-OH is 1. The minimum Gasteiger partial charge on any atom is -0.391 e. The van der Waals surface area contributed by atoms with Crippen molar-refractivity contribution in [1.29, 1.82) is 0 Å². The second-order valence-corrected chi connectivity index (χ2v) is 5.29. The molecule has 1 saturated heterocycles. The molecule has 1 aromatic heterocycles. The lowest BCUT2D eigenvalue weighted by Crippen LogP contribution is -2.38. The molecule has 0 radical (unpaired) electrons. The molecule has 2 heterocycles.